The van der Waals surface area contributed by atoms with Gasteiger partial charge < -0.3 is 24.8 Å². The standard InChI is InChI=1S/C19H30N2O3/c1-4-5-6-17(22)14-21-9-7-15(8-10-21)20-16-11-18(23-2)13-19(12-16)24-3/h4,11-13,15,17,20,22H,1,5-10,14H2,2-3H3. The number of benzene rings is 1. The van der Waals surface area contributed by atoms with Crippen LogP contribution in [0, 0.1) is 0 Å². The van der Waals surface area contributed by atoms with Gasteiger partial charge in [0.05, 0.1) is 20.3 Å². The number of piperidine rings is 1. The molecule has 134 valence electrons. The van der Waals surface area contributed by atoms with E-state index in [9.17, 15) is 5.11 Å². The van der Waals surface area contributed by atoms with E-state index in [-0.39, 0.29) is 6.10 Å². The van der Waals surface area contributed by atoms with Crippen molar-refractivity contribution in [2.24, 2.45) is 0 Å². The number of aliphatic hydroxyl groups is 1. The summed E-state index contributed by atoms with van der Waals surface area (Å²) in [5.41, 5.74) is 1.02. The number of hydrogen-bond donors (Lipinski definition) is 2. The number of methoxy groups -OCH3 is 2. The average molecular weight is 334 g/mol. The molecule has 0 amide bonds. The zero-order valence-corrected chi connectivity index (χ0v) is 14.8. The summed E-state index contributed by atoms with van der Waals surface area (Å²) in [6, 6.07) is 6.30. The molecule has 1 fully saturated rings. The molecule has 1 heterocycles. The second kappa shape index (κ2) is 9.55. The fourth-order valence-corrected chi connectivity index (χ4v) is 3.09. The number of nitrogens with zero attached hydrogens (tertiary/aromatic N) is 1. The Hall–Kier alpha value is -1.72. The Kier molecular flexibility index (Phi) is 7.40. The molecular weight excluding hydrogens is 304 g/mol. The summed E-state index contributed by atoms with van der Waals surface area (Å²) in [6.07, 6.45) is 5.40. The molecule has 2 N–H and O–H groups in total. The van der Waals surface area contributed by atoms with Gasteiger partial charge in [0.25, 0.3) is 0 Å². The van der Waals surface area contributed by atoms with Crippen molar-refractivity contribution in [1.82, 2.24) is 4.90 Å². The summed E-state index contributed by atoms with van der Waals surface area (Å²) in [4.78, 5) is 2.35. The van der Waals surface area contributed by atoms with Crippen molar-refractivity contribution in [3.63, 3.8) is 0 Å². The van der Waals surface area contributed by atoms with Crippen molar-refractivity contribution in [3.8, 4) is 11.5 Å². The first-order valence-corrected chi connectivity index (χ1v) is 8.65. The first kappa shape index (κ1) is 18.6. The molecule has 1 aliphatic rings. The number of allylic oxidation sites excluding steroid dienone is 1. The van der Waals surface area contributed by atoms with E-state index in [1.54, 1.807) is 14.2 Å². The van der Waals surface area contributed by atoms with E-state index in [0.717, 1.165) is 62.5 Å². The van der Waals surface area contributed by atoms with Gasteiger partial charge >= 0.3 is 0 Å². The van der Waals surface area contributed by atoms with Crippen LogP contribution in [-0.4, -0.2) is 56.0 Å². The fraction of sp³-hybridized carbons (Fsp3) is 0.579. The Bertz CT molecular complexity index is 491. The highest BCUT2D eigenvalue weighted by Gasteiger charge is 2.21. The molecule has 1 aromatic carbocycles. The third kappa shape index (κ3) is 5.73. The number of β-amino-alcohol motifs (C(OH)–C–C–N with tert-alkyl or cyclic N) is 1. The smallest absolute Gasteiger partial charge is 0.124 e. The lowest BCUT2D eigenvalue weighted by Gasteiger charge is -2.34. The van der Waals surface area contributed by atoms with Gasteiger partial charge in [0.2, 0.25) is 0 Å². The van der Waals surface area contributed by atoms with Crippen molar-refractivity contribution < 1.29 is 14.6 Å². The summed E-state index contributed by atoms with van der Waals surface area (Å²) in [5, 5.41) is 13.6. The van der Waals surface area contributed by atoms with Crippen molar-refractivity contribution in [2.75, 3.05) is 39.2 Å². The highest BCUT2D eigenvalue weighted by atomic mass is 16.5. The number of rotatable bonds is 9. The minimum Gasteiger partial charge on any atom is -0.497 e. The number of hydrogen-bond acceptors (Lipinski definition) is 5. The normalized spacial score (nSPS) is 17.3. The zero-order valence-electron chi connectivity index (χ0n) is 14.8. The number of likely N-dealkylation sites (tertiary alicyclic amines) is 1. The number of ether oxygens (including phenoxy) is 2. The third-order valence-electron chi connectivity index (χ3n) is 4.48. The fourth-order valence-electron chi connectivity index (χ4n) is 3.09. The van der Waals surface area contributed by atoms with Crippen LogP contribution in [0.15, 0.2) is 30.9 Å². The molecule has 0 aliphatic carbocycles. The van der Waals surface area contributed by atoms with Gasteiger partial charge in [0.1, 0.15) is 11.5 Å². The van der Waals surface area contributed by atoms with E-state index < -0.39 is 0 Å². The van der Waals surface area contributed by atoms with Crippen LogP contribution in [0.25, 0.3) is 0 Å². The molecule has 2 rings (SSSR count). The second-order valence-corrected chi connectivity index (χ2v) is 6.34. The van der Waals surface area contributed by atoms with Crippen molar-refractivity contribution in [3.05, 3.63) is 30.9 Å². The molecule has 0 radical (unpaired) electrons. The van der Waals surface area contributed by atoms with Gasteiger partial charge in [-0.05, 0) is 25.7 Å². The van der Waals surface area contributed by atoms with Gasteiger partial charge in [-0.2, -0.15) is 0 Å². The van der Waals surface area contributed by atoms with Crippen molar-refractivity contribution in [1.29, 1.82) is 0 Å². The molecule has 0 spiro atoms. The maximum Gasteiger partial charge on any atom is 0.124 e. The van der Waals surface area contributed by atoms with Crippen LogP contribution < -0.4 is 14.8 Å². The largest absolute Gasteiger partial charge is 0.497 e. The predicted molar refractivity (Wildman–Crippen MR) is 98.1 cm³/mol. The van der Waals surface area contributed by atoms with E-state index in [4.69, 9.17) is 9.47 Å². The predicted octanol–water partition coefficient (Wildman–Crippen LogP) is 2.91. The zero-order chi connectivity index (χ0) is 17.4. The van der Waals surface area contributed by atoms with Crippen LogP contribution in [-0.2, 0) is 0 Å². The van der Waals surface area contributed by atoms with E-state index >= 15 is 0 Å². The summed E-state index contributed by atoms with van der Waals surface area (Å²) in [7, 11) is 3.32. The molecule has 1 atom stereocenters. The first-order chi connectivity index (χ1) is 11.6. The molecular formula is C19H30N2O3. The third-order valence-corrected chi connectivity index (χ3v) is 4.48. The Morgan fingerprint density at radius 1 is 1.25 bits per heavy atom. The van der Waals surface area contributed by atoms with Gasteiger partial charge in [0.15, 0.2) is 0 Å². The van der Waals surface area contributed by atoms with Gasteiger partial charge in [-0.1, -0.05) is 6.08 Å². The monoisotopic (exact) mass is 334 g/mol. The van der Waals surface area contributed by atoms with Crippen LogP contribution in [0.2, 0.25) is 0 Å². The topological polar surface area (TPSA) is 54.0 Å². The van der Waals surface area contributed by atoms with Crippen LogP contribution in [0.1, 0.15) is 25.7 Å². The Balaban J connectivity index is 1.81. The molecule has 5 nitrogen and oxygen atoms in total. The molecule has 24 heavy (non-hydrogen) atoms. The van der Waals surface area contributed by atoms with Gasteiger partial charge in [0, 0.05) is 49.6 Å². The molecule has 1 unspecified atom stereocenters. The Labute approximate surface area is 145 Å². The molecule has 0 bridgehead atoms. The molecule has 0 aromatic heterocycles. The van der Waals surface area contributed by atoms with Crippen LogP contribution in [0.3, 0.4) is 0 Å². The van der Waals surface area contributed by atoms with Gasteiger partial charge in [-0.25, -0.2) is 0 Å². The van der Waals surface area contributed by atoms with E-state index in [2.05, 4.69) is 16.8 Å². The van der Waals surface area contributed by atoms with E-state index in [1.165, 1.54) is 0 Å². The molecule has 0 saturated carbocycles. The molecule has 1 aromatic rings. The summed E-state index contributed by atoms with van der Waals surface area (Å²) in [6.45, 7) is 6.47. The Morgan fingerprint density at radius 3 is 2.42 bits per heavy atom. The van der Waals surface area contributed by atoms with Crippen LogP contribution in [0.5, 0.6) is 11.5 Å². The van der Waals surface area contributed by atoms with Crippen molar-refractivity contribution >= 4 is 5.69 Å². The first-order valence-electron chi connectivity index (χ1n) is 8.65. The summed E-state index contributed by atoms with van der Waals surface area (Å²) >= 11 is 0. The van der Waals surface area contributed by atoms with Crippen LogP contribution >= 0.6 is 0 Å². The summed E-state index contributed by atoms with van der Waals surface area (Å²) in [5.74, 6) is 1.58. The summed E-state index contributed by atoms with van der Waals surface area (Å²) < 4.78 is 10.6. The minimum atomic E-state index is -0.254. The van der Waals surface area contributed by atoms with Gasteiger partial charge in [-0.3, -0.25) is 0 Å². The maximum absolute atomic E-state index is 10.0. The lowest BCUT2D eigenvalue weighted by molar-refractivity contribution is 0.0934. The van der Waals surface area contributed by atoms with Gasteiger partial charge in [-0.15, -0.1) is 6.58 Å². The highest BCUT2D eigenvalue weighted by molar-refractivity contribution is 5.54. The highest BCUT2D eigenvalue weighted by Crippen LogP contribution is 2.27. The van der Waals surface area contributed by atoms with Crippen LogP contribution in [0.4, 0.5) is 5.69 Å². The Morgan fingerprint density at radius 2 is 1.88 bits per heavy atom. The second-order valence-electron chi connectivity index (χ2n) is 6.34. The average Bonchev–Trinajstić information content (AvgIpc) is 2.61. The molecule has 1 aliphatic heterocycles. The SMILES string of the molecule is C=CCCC(O)CN1CCC(Nc2cc(OC)cc(OC)c2)CC1. The molecule has 5 heteroatoms. The van der Waals surface area contributed by atoms with Crippen molar-refractivity contribution in [2.45, 2.75) is 37.8 Å². The number of anilines is 1. The van der Waals surface area contributed by atoms with E-state index in [1.807, 2.05) is 24.3 Å². The lowest BCUT2D eigenvalue weighted by atomic mass is 10.0. The molecule has 1 saturated heterocycles. The number of aliphatic hydroxyl groups excluding tert-OH is 1. The van der Waals surface area contributed by atoms with E-state index in [0.29, 0.717) is 6.04 Å². The minimum absolute atomic E-state index is 0.254. The quantitative estimate of drug-likeness (QED) is 0.680. The maximum atomic E-state index is 10.0. The number of nitrogens with one attached hydrogen (secondary N) is 1. The lowest BCUT2D eigenvalue weighted by Crippen LogP contribution is -2.42.